The zero-order valence-corrected chi connectivity index (χ0v) is 33.3. The summed E-state index contributed by atoms with van der Waals surface area (Å²) in [7, 11) is 22.1. The van der Waals surface area contributed by atoms with E-state index in [2.05, 4.69) is 0 Å². The van der Waals surface area contributed by atoms with Gasteiger partial charge in [0.1, 0.15) is 29.3 Å². The van der Waals surface area contributed by atoms with Crippen molar-refractivity contribution in [3.8, 4) is 0 Å². The molecule has 0 bridgehead atoms. The summed E-state index contributed by atoms with van der Waals surface area (Å²) < 4.78 is 12.4. The minimum Gasteiger partial charge on any atom is -0.448 e. The van der Waals surface area contributed by atoms with Gasteiger partial charge in [-0.05, 0) is 64.8 Å². The minimum atomic E-state index is -1.72. The molecule has 41 heavy (non-hydrogen) atoms. The molecule has 1 atom stereocenters. The van der Waals surface area contributed by atoms with Crippen LogP contribution in [0.3, 0.4) is 0 Å². The van der Waals surface area contributed by atoms with Gasteiger partial charge in [0.15, 0.2) is 5.44 Å². The molecule has 0 aliphatic heterocycles. The molecular weight excluding hydrogens is 765 g/mol. The fraction of sp³-hybridized carbons (Fsp3) is 0.737. The van der Waals surface area contributed by atoms with Crippen molar-refractivity contribution in [3.05, 3.63) is 0 Å². The van der Waals surface area contributed by atoms with Crippen LogP contribution >= 0.6 is 136 Å². The molecule has 1 unspecified atom stereocenters. The lowest BCUT2D eigenvalue weighted by Crippen LogP contribution is -2.56. The molecule has 0 rings (SSSR count). The summed E-state index contributed by atoms with van der Waals surface area (Å²) in [5, 5.41) is 31.6. The number of carbonyl (C=O) groups is 1. The number of thiocarbonyl (C=S) groups is 4. The molecule has 0 fully saturated rings. The molecule has 0 aromatic carbocycles. The molecule has 0 amide bonds. The summed E-state index contributed by atoms with van der Waals surface area (Å²) in [6.45, 7) is -2.33. The lowest BCUT2D eigenvalue weighted by atomic mass is 9.91. The Kier molecular flexibility index (Phi) is 22.3. The zero-order valence-electron chi connectivity index (χ0n) is 23.5. The van der Waals surface area contributed by atoms with E-state index in [1.165, 1.54) is 21.6 Å². The van der Waals surface area contributed by atoms with E-state index in [4.69, 9.17) is 57.8 Å². The molecule has 22 heteroatoms. The van der Waals surface area contributed by atoms with Gasteiger partial charge in [0.25, 0.3) is 0 Å². The van der Waals surface area contributed by atoms with Crippen LogP contribution in [0.4, 0.5) is 0 Å². The van der Waals surface area contributed by atoms with Crippen molar-refractivity contribution in [2.75, 3.05) is 76.2 Å². The average Bonchev–Trinajstić information content (AvgIpc) is 2.92. The third kappa shape index (κ3) is 13.9. The van der Waals surface area contributed by atoms with Gasteiger partial charge in [-0.2, -0.15) is 0 Å². The van der Waals surface area contributed by atoms with Crippen molar-refractivity contribution in [2.24, 2.45) is 5.41 Å². The molecule has 0 saturated carbocycles. The average molecular weight is 799 g/mol. The van der Waals surface area contributed by atoms with Gasteiger partial charge in [0, 0.05) is 67.2 Å². The van der Waals surface area contributed by atoms with Crippen molar-refractivity contribution >= 4 is 159 Å². The van der Waals surface area contributed by atoms with E-state index < -0.39 is 40.9 Å². The molecule has 3 N–H and O–H groups in total. The quantitative estimate of drug-likeness (QED) is 0.0719. The molecule has 0 aliphatic rings. The van der Waals surface area contributed by atoms with E-state index >= 15 is 0 Å². The Labute approximate surface area is 295 Å². The summed E-state index contributed by atoms with van der Waals surface area (Å²) >= 11 is 22.8. The Balaban J connectivity index is 7.10. The molecule has 0 saturated heterocycles. The summed E-state index contributed by atoms with van der Waals surface area (Å²) in [4.78, 5) is 19.3. The number of hydrogen-bond acceptors (Lipinski definition) is 18. The number of ether oxygens (including phenoxy) is 1. The molecular formula is C19H34N4O6S12. The normalized spacial score (nSPS) is 12.4. The highest BCUT2D eigenvalue weighted by molar-refractivity contribution is 8.92. The smallest absolute Gasteiger partial charge is 0.332 e. The Morgan fingerprint density at radius 2 is 1.10 bits per heavy atom. The molecule has 0 aromatic heterocycles. The number of carbonyl (C=O) groups excluding carboxylic acids is 1. The Morgan fingerprint density at radius 3 is 1.46 bits per heavy atom. The molecule has 0 radical (unpaired) electrons. The fourth-order valence-corrected chi connectivity index (χ4v) is 14.7. The SMILES string of the molecule is CN(C)C(=S)SSOC(SSC(=S)N(C)C)(SSC(=S)N(C)C)C(CO)(CO)C(OC(=O)CO)SSC(=S)N(C)C. The standard InChI is InChI=1S/C19H34N4O6S12/c1-20(2)14(30)35-34-13(28-12(27)9-24)18(10-25,11-26)19(39-36-15(31)21(3)4,40-37-16(32)22(5)6)29-41-38-17(33)23(7)8/h13,24-26H,9-11H2,1-8H3. The van der Waals surface area contributed by atoms with Crippen molar-refractivity contribution in [1.82, 2.24) is 19.6 Å². The van der Waals surface area contributed by atoms with Crippen LogP contribution in [0, 0.1) is 5.41 Å². The van der Waals surface area contributed by atoms with Crippen LogP contribution in [0.15, 0.2) is 0 Å². The van der Waals surface area contributed by atoms with Gasteiger partial charge in [-0.25, -0.2) is 4.79 Å². The third-order valence-electron chi connectivity index (χ3n) is 4.35. The van der Waals surface area contributed by atoms with E-state index in [0.29, 0.717) is 17.3 Å². The fourth-order valence-electron chi connectivity index (χ4n) is 1.86. The summed E-state index contributed by atoms with van der Waals surface area (Å²) in [5.74, 6) is -0.960. The second-order valence-electron chi connectivity index (χ2n) is 8.40. The molecule has 0 aliphatic carbocycles. The predicted molar refractivity (Wildman–Crippen MR) is 203 cm³/mol. The zero-order chi connectivity index (χ0) is 32.0. The van der Waals surface area contributed by atoms with Crippen molar-refractivity contribution < 1.29 is 29.0 Å². The number of nitrogens with zero attached hydrogens (tertiary/aromatic N) is 4. The van der Waals surface area contributed by atoms with E-state index in [9.17, 15) is 20.1 Å². The van der Waals surface area contributed by atoms with Crippen LogP contribution < -0.4 is 0 Å². The van der Waals surface area contributed by atoms with Crippen molar-refractivity contribution in [2.45, 2.75) is 9.70 Å². The van der Waals surface area contributed by atoms with Crippen LogP contribution in [0.5, 0.6) is 0 Å². The van der Waals surface area contributed by atoms with Gasteiger partial charge >= 0.3 is 5.97 Å². The van der Waals surface area contributed by atoms with Gasteiger partial charge in [-0.1, -0.05) is 48.9 Å². The molecule has 0 spiro atoms. The molecule has 10 nitrogen and oxygen atoms in total. The van der Waals surface area contributed by atoms with E-state index in [-0.39, 0.29) is 0 Å². The Hall–Kier alpha value is 1.67. The highest BCUT2D eigenvalue weighted by Gasteiger charge is 2.62. The lowest BCUT2D eigenvalue weighted by molar-refractivity contribution is -0.159. The van der Waals surface area contributed by atoms with Crippen molar-refractivity contribution in [3.63, 3.8) is 0 Å². The monoisotopic (exact) mass is 798 g/mol. The summed E-state index contributed by atoms with van der Waals surface area (Å²) in [5.41, 5.74) is -2.99. The first kappa shape index (κ1) is 42.7. The van der Waals surface area contributed by atoms with E-state index in [1.54, 1.807) is 76.0 Å². The summed E-state index contributed by atoms with van der Waals surface area (Å²) in [6.07, 6.45) is 0. The van der Waals surface area contributed by atoms with Crippen LogP contribution in [0.25, 0.3) is 0 Å². The second-order valence-corrected chi connectivity index (χ2v) is 19.8. The van der Waals surface area contributed by atoms with E-state index in [0.717, 1.165) is 65.0 Å². The number of hydrogen-bond donors (Lipinski definition) is 3. The van der Waals surface area contributed by atoms with Gasteiger partial charge < -0.3 is 39.7 Å². The number of aliphatic hydroxyl groups excluding tert-OH is 3. The highest BCUT2D eigenvalue weighted by atomic mass is 33.1. The first-order valence-corrected chi connectivity index (χ1v) is 21.2. The minimum absolute atomic E-state index is 0.448. The second kappa shape index (κ2) is 21.5. The van der Waals surface area contributed by atoms with Crippen LogP contribution in [0.1, 0.15) is 0 Å². The summed E-state index contributed by atoms with van der Waals surface area (Å²) in [6, 6.07) is 0. The van der Waals surface area contributed by atoms with Crippen molar-refractivity contribution in [1.29, 1.82) is 0 Å². The van der Waals surface area contributed by atoms with Crippen LogP contribution in [-0.2, 0) is 13.7 Å². The van der Waals surface area contributed by atoms with Gasteiger partial charge in [0.2, 0.25) is 4.27 Å². The Morgan fingerprint density at radius 1 is 0.707 bits per heavy atom. The Bertz CT molecular complexity index is 871. The number of esters is 1. The predicted octanol–water partition coefficient (Wildman–Crippen LogP) is 4.32. The maximum Gasteiger partial charge on any atom is 0.332 e. The van der Waals surface area contributed by atoms with E-state index in [1.807, 2.05) is 0 Å². The number of aliphatic hydroxyl groups is 3. The van der Waals surface area contributed by atoms with Gasteiger partial charge in [0.05, 0.1) is 24.3 Å². The molecule has 238 valence electrons. The largest absolute Gasteiger partial charge is 0.448 e. The van der Waals surface area contributed by atoms with Crippen LogP contribution in [-0.4, -0.2) is 144 Å². The highest BCUT2D eigenvalue weighted by Crippen LogP contribution is 2.65. The van der Waals surface area contributed by atoms with Gasteiger partial charge in [-0.15, -0.1) is 0 Å². The van der Waals surface area contributed by atoms with Crippen LogP contribution in [0.2, 0.25) is 0 Å². The maximum absolute atomic E-state index is 12.4. The van der Waals surface area contributed by atoms with Gasteiger partial charge in [-0.3, -0.25) is 4.18 Å². The molecule has 0 aromatic rings. The first-order chi connectivity index (χ1) is 19.0. The first-order valence-electron chi connectivity index (χ1n) is 11.0. The third-order valence-corrected chi connectivity index (χ3v) is 19.3. The maximum atomic E-state index is 12.4. The number of rotatable bonds is 15. The lowest BCUT2D eigenvalue weighted by Gasteiger charge is -2.48. The molecule has 0 heterocycles. The topological polar surface area (TPSA) is 109 Å².